The molecule has 0 aliphatic carbocycles. The van der Waals surface area contributed by atoms with Crippen molar-refractivity contribution in [1.82, 2.24) is 9.88 Å². The first-order valence-electron chi connectivity index (χ1n) is 9.34. The number of rotatable bonds is 4. The van der Waals surface area contributed by atoms with Gasteiger partial charge in [-0.25, -0.2) is 4.98 Å². The van der Waals surface area contributed by atoms with Crippen molar-refractivity contribution in [3.05, 3.63) is 53.1 Å². The van der Waals surface area contributed by atoms with E-state index >= 15 is 0 Å². The topological polar surface area (TPSA) is 71.5 Å². The molecule has 8 heteroatoms. The number of anilines is 1. The summed E-state index contributed by atoms with van der Waals surface area (Å²) in [7, 11) is 1.62. The number of amides is 2. The Balaban J connectivity index is 1.43. The molecule has 29 heavy (non-hydrogen) atoms. The minimum absolute atomic E-state index is 0.0775. The van der Waals surface area contributed by atoms with Gasteiger partial charge in [0, 0.05) is 23.7 Å². The minimum atomic E-state index is -0.262. The van der Waals surface area contributed by atoms with Crippen molar-refractivity contribution in [2.75, 3.05) is 25.5 Å². The van der Waals surface area contributed by atoms with Crippen LogP contribution in [-0.2, 0) is 4.79 Å². The summed E-state index contributed by atoms with van der Waals surface area (Å²) in [5, 5.41) is 4.06. The van der Waals surface area contributed by atoms with E-state index in [1.807, 2.05) is 18.2 Å². The highest BCUT2D eigenvalue weighted by atomic mass is 35.5. The Hall–Kier alpha value is -2.64. The van der Waals surface area contributed by atoms with E-state index in [9.17, 15) is 9.59 Å². The van der Waals surface area contributed by atoms with Gasteiger partial charge >= 0.3 is 0 Å². The van der Waals surface area contributed by atoms with Crippen LogP contribution in [0, 0.1) is 5.92 Å². The van der Waals surface area contributed by atoms with E-state index in [1.165, 1.54) is 11.3 Å². The molecule has 2 amide bonds. The van der Waals surface area contributed by atoms with Gasteiger partial charge in [0.1, 0.15) is 5.75 Å². The van der Waals surface area contributed by atoms with Crippen LogP contribution in [-0.4, -0.2) is 41.9 Å². The van der Waals surface area contributed by atoms with Crippen molar-refractivity contribution in [3.8, 4) is 5.75 Å². The Bertz CT molecular complexity index is 1050. The molecule has 1 saturated heterocycles. The summed E-state index contributed by atoms with van der Waals surface area (Å²) in [6.45, 7) is 1.04. The zero-order valence-electron chi connectivity index (χ0n) is 15.9. The number of piperidine rings is 1. The highest BCUT2D eigenvalue weighted by Gasteiger charge is 2.29. The van der Waals surface area contributed by atoms with Crippen LogP contribution >= 0.6 is 22.9 Å². The molecule has 3 aromatic rings. The van der Waals surface area contributed by atoms with Crippen molar-refractivity contribution in [1.29, 1.82) is 0 Å². The van der Waals surface area contributed by atoms with E-state index in [0.29, 0.717) is 28.8 Å². The van der Waals surface area contributed by atoms with Gasteiger partial charge in [-0.2, -0.15) is 0 Å². The number of hydrogen-bond acceptors (Lipinski definition) is 5. The largest absolute Gasteiger partial charge is 0.497 e. The SMILES string of the molecule is COc1ccc2nc(NC(=O)[C@H]3CCCN(C(=O)c4ccc(Cl)cc4)C3)sc2c1. The van der Waals surface area contributed by atoms with Crippen molar-refractivity contribution < 1.29 is 14.3 Å². The Labute approximate surface area is 177 Å². The summed E-state index contributed by atoms with van der Waals surface area (Å²) in [6.07, 6.45) is 1.53. The van der Waals surface area contributed by atoms with Crippen LogP contribution in [0.4, 0.5) is 5.13 Å². The first kappa shape index (κ1) is 19.7. The summed E-state index contributed by atoms with van der Waals surface area (Å²) >= 11 is 7.31. The number of hydrogen-bond donors (Lipinski definition) is 1. The fraction of sp³-hybridized carbons (Fsp3) is 0.286. The zero-order valence-corrected chi connectivity index (χ0v) is 17.4. The van der Waals surface area contributed by atoms with Crippen LogP contribution in [0.1, 0.15) is 23.2 Å². The molecule has 1 atom stereocenters. The second-order valence-corrected chi connectivity index (χ2v) is 8.41. The molecule has 150 valence electrons. The third kappa shape index (κ3) is 4.36. The molecule has 4 rings (SSSR count). The molecule has 0 spiro atoms. The molecule has 1 aromatic heterocycles. The van der Waals surface area contributed by atoms with Crippen molar-refractivity contribution in [2.24, 2.45) is 5.92 Å². The monoisotopic (exact) mass is 429 g/mol. The predicted octanol–water partition coefficient (Wildman–Crippen LogP) is 4.45. The Morgan fingerprint density at radius 2 is 2.03 bits per heavy atom. The second kappa shape index (κ2) is 8.39. The number of nitrogens with zero attached hydrogens (tertiary/aromatic N) is 2. The third-order valence-electron chi connectivity index (χ3n) is 5.00. The quantitative estimate of drug-likeness (QED) is 0.665. The van der Waals surface area contributed by atoms with E-state index in [4.69, 9.17) is 16.3 Å². The van der Waals surface area contributed by atoms with Crippen LogP contribution in [0.2, 0.25) is 5.02 Å². The highest BCUT2D eigenvalue weighted by molar-refractivity contribution is 7.22. The molecule has 0 bridgehead atoms. The number of likely N-dealkylation sites (tertiary alicyclic amines) is 1. The van der Waals surface area contributed by atoms with Crippen LogP contribution in [0.15, 0.2) is 42.5 Å². The van der Waals surface area contributed by atoms with Gasteiger partial charge in [-0.3, -0.25) is 9.59 Å². The van der Waals surface area contributed by atoms with Crippen LogP contribution in [0.3, 0.4) is 0 Å². The number of nitrogens with one attached hydrogen (secondary N) is 1. The molecule has 0 saturated carbocycles. The first-order valence-corrected chi connectivity index (χ1v) is 10.5. The number of ether oxygens (including phenoxy) is 1. The average Bonchev–Trinajstić information content (AvgIpc) is 3.15. The van der Waals surface area contributed by atoms with Crippen LogP contribution in [0.5, 0.6) is 5.75 Å². The Morgan fingerprint density at radius 1 is 1.24 bits per heavy atom. The van der Waals surface area contributed by atoms with Gasteiger partial charge in [-0.1, -0.05) is 22.9 Å². The Morgan fingerprint density at radius 3 is 2.79 bits per heavy atom. The molecule has 6 nitrogen and oxygen atoms in total. The summed E-state index contributed by atoms with van der Waals surface area (Å²) in [5.74, 6) is 0.306. The summed E-state index contributed by atoms with van der Waals surface area (Å²) in [4.78, 5) is 31.7. The second-order valence-electron chi connectivity index (χ2n) is 6.94. The van der Waals surface area contributed by atoms with Gasteiger partial charge in [0.2, 0.25) is 5.91 Å². The standard InChI is InChI=1S/C21H20ClN3O3S/c1-28-16-8-9-17-18(11-16)29-21(23-17)24-19(26)14-3-2-10-25(12-14)20(27)13-4-6-15(22)7-5-13/h4-9,11,14H,2-3,10,12H2,1H3,(H,23,24,26)/t14-/m0/s1. The maximum atomic E-state index is 12.8. The number of carbonyl (C=O) groups excluding carboxylic acids is 2. The maximum absolute atomic E-state index is 12.8. The van der Waals surface area contributed by atoms with E-state index in [-0.39, 0.29) is 17.7 Å². The molecule has 0 radical (unpaired) electrons. The van der Waals surface area contributed by atoms with Crippen LogP contribution in [0.25, 0.3) is 10.2 Å². The van der Waals surface area contributed by atoms with E-state index < -0.39 is 0 Å². The number of benzene rings is 2. The number of methoxy groups -OCH3 is 1. The molecule has 1 aliphatic heterocycles. The molecule has 1 fully saturated rings. The summed E-state index contributed by atoms with van der Waals surface area (Å²) in [5.41, 5.74) is 1.39. The molecular formula is C21H20ClN3O3S. The third-order valence-corrected chi connectivity index (χ3v) is 6.18. The maximum Gasteiger partial charge on any atom is 0.253 e. The molecular weight excluding hydrogens is 410 g/mol. The van der Waals surface area contributed by atoms with E-state index in [2.05, 4.69) is 10.3 Å². The van der Waals surface area contributed by atoms with Crippen molar-refractivity contribution in [2.45, 2.75) is 12.8 Å². The zero-order chi connectivity index (χ0) is 20.4. The van der Waals surface area contributed by atoms with Gasteiger partial charge in [0.15, 0.2) is 5.13 Å². The summed E-state index contributed by atoms with van der Waals surface area (Å²) in [6, 6.07) is 12.4. The van der Waals surface area contributed by atoms with Gasteiger partial charge in [-0.05, 0) is 55.3 Å². The Kier molecular flexibility index (Phi) is 5.69. The number of halogens is 1. The normalized spacial score (nSPS) is 16.6. The van der Waals surface area contributed by atoms with Crippen molar-refractivity contribution >= 4 is 50.1 Å². The number of fused-ring (bicyclic) bond motifs is 1. The lowest BCUT2D eigenvalue weighted by atomic mass is 9.96. The van der Waals surface area contributed by atoms with Gasteiger partial charge in [0.05, 0.1) is 23.2 Å². The lowest BCUT2D eigenvalue weighted by Crippen LogP contribution is -2.43. The first-order chi connectivity index (χ1) is 14.0. The van der Waals surface area contributed by atoms with Gasteiger partial charge < -0.3 is 15.0 Å². The lowest BCUT2D eigenvalue weighted by molar-refractivity contribution is -0.121. The smallest absolute Gasteiger partial charge is 0.253 e. The van der Waals surface area contributed by atoms with E-state index in [1.54, 1.807) is 36.3 Å². The lowest BCUT2D eigenvalue weighted by Gasteiger charge is -2.32. The van der Waals surface area contributed by atoms with E-state index in [0.717, 1.165) is 28.8 Å². The van der Waals surface area contributed by atoms with Crippen LogP contribution < -0.4 is 10.1 Å². The summed E-state index contributed by atoms with van der Waals surface area (Å²) < 4.78 is 6.18. The number of carbonyl (C=O) groups is 2. The van der Waals surface area contributed by atoms with Gasteiger partial charge in [-0.15, -0.1) is 0 Å². The number of aromatic nitrogens is 1. The number of thiazole rings is 1. The van der Waals surface area contributed by atoms with Gasteiger partial charge in [0.25, 0.3) is 5.91 Å². The molecule has 2 aromatic carbocycles. The highest BCUT2D eigenvalue weighted by Crippen LogP contribution is 2.30. The molecule has 0 unspecified atom stereocenters. The molecule has 1 aliphatic rings. The fourth-order valence-electron chi connectivity index (χ4n) is 3.44. The predicted molar refractivity (Wildman–Crippen MR) is 115 cm³/mol. The molecule has 1 N–H and O–H groups in total. The molecule has 2 heterocycles. The average molecular weight is 430 g/mol. The van der Waals surface area contributed by atoms with Crippen molar-refractivity contribution in [3.63, 3.8) is 0 Å². The minimum Gasteiger partial charge on any atom is -0.497 e. The fourth-order valence-corrected chi connectivity index (χ4v) is 4.47.